The van der Waals surface area contributed by atoms with Gasteiger partial charge in [-0.2, -0.15) is 10.2 Å². The van der Waals surface area contributed by atoms with Crippen LogP contribution in [0, 0.1) is 0 Å². The molecular formula is C13H15N3O. The molecule has 1 aromatic heterocycles. The number of aromatic nitrogens is 2. The first-order valence-corrected chi connectivity index (χ1v) is 5.50. The summed E-state index contributed by atoms with van der Waals surface area (Å²) in [7, 11) is 1.65. The van der Waals surface area contributed by atoms with Crippen LogP contribution in [-0.4, -0.2) is 23.9 Å². The number of ether oxygens (including phenoxy) is 1. The molecule has 0 fully saturated rings. The summed E-state index contributed by atoms with van der Waals surface area (Å²) < 4.78 is 5.17. The van der Waals surface area contributed by atoms with Crippen LogP contribution in [0.2, 0.25) is 0 Å². The van der Waals surface area contributed by atoms with E-state index in [1.807, 2.05) is 36.4 Å². The Hall–Kier alpha value is -1.94. The third-order valence-corrected chi connectivity index (χ3v) is 2.49. The second-order valence-corrected chi connectivity index (χ2v) is 3.68. The maximum absolute atomic E-state index is 5.46. The van der Waals surface area contributed by atoms with E-state index >= 15 is 0 Å². The highest BCUT2D eigenvalue weighted by Crippen LogP contribution is 2.21. The first-order valence-electron chi connectivity index (χ1n) is 5.50. The third kappa shape index (κ3) is 2.79. The van der Waals surface area contributed by atoms with Crippen LogP contribution in [0.15, 0.2) is 36.4 Å². The van der Waals surface area contributed by atoms with E-state index in [-0.39, 0.29) is 0 Å². The van der Waals surface area contributed by atoms with Crippen molar-refractivity contribution in [2.75, 3.05) is 13.7 Å². The summed E-state index contributed by atoms with van der Waals surface area (Å²) in [5.41, 5.74) is 8.21. The first kappa shape index (κ1) is 11.5. The van der Waals surface area contributed by atoms with Gasteiger partial charge < -0.3 is 10.5 Å². The fourth-order valence-corrected chi connectivity index (χ4v) is 1.58. The molecule has 0 amide bonds. The fraction of sp³-hybridized carbons (Fsp3) is 0.231. The molecule has 1 heterocycles. The minimum absolute atomic E-state index is 0.590. The molecule has 0 saturated heterocycles. The lowest BCUT2D eigenvalue weighted by Crippen LogP contribution is -2.05. The molecule has 0 aliphatic carbocycles. The lowest BCUT2D eigenvalue weighted by molar-refractivity contribution is 0.415. The summed E-state index contributed by atoms with van der Waals surface area (Å²) in [5, 5.41) is 8.31. The summed E-state index contributed by atoms with van der Waals surface area (Å²) in [6, 6.07) is 11.7. The summed E-state index contributed by atoms with van der Waals surface area (Å²) >= 11 is 0. The van der Waals surface area contributed by atoms with Gasteiger partial charge in [0.15, 0.2) is 0 Å². The number of nitrogens with zero attached hydrogens (tertiary/aromatic N) is 2. The molecule has 4 nitrogen and oxygen atoms in total. The maximum Gasteiger partial charge on any atom is 0.119 e. The monoisotopic (exact) mass is 229 g/mol. The van der Waals surface area contributed by atoms with Gasteiger partial charge in [0.05, 0.1) is 18.5 Å². The molecule has 1 aromatic carbocycles. The van der Waals surface area contributed by atoms with E-state index in [1.54, 1.807) is 7.11 Å². The highest BCUT2D eigenvalue weighted by molar-refractivity contribution is 5.60. The van der Waals surface area contributed by atoms with Crippen LogP contribution in [0.25, 0.3) is 11.3 Å². The number of benzene rings is 1. The molecule has 2 N–H and O–H groups in total. The van der Waals surface area contributed by atoms with E-state index in [1.165, 1.54) is 0 Å². The molecule has 0 saturated carbocycles. The van der Waals surface area contributed by atoms with Gasteiger partial charge in [0.25, 0.3) is 0 Å². The van der Waals surface area contributed by atoms with E-state index in [2.05, 4.69) is 10.2 Å². The van der Waals surface area contributed by atoms with E-state index in [0.29, 0.717) is 6.54 Å². The van der Waals surface area contributed by atoms with Crippen molar-refractivity contribution in [3.63, 3.8) is 0 Å². The van der Waals surface area contributed by atoms with Gasteiger partial charge in [0.2, 0.25) is 0 Å². The summed E-state index contributed by atoms with van der Waals surface area (Å²) in [5.74, 6) is 0.815. The molecular weight excluding hydrogens is 214 g/mol. The Kier molecular flexibility index (Phi) is 3.67. The molecule has 17 heavy (non-hydrogen) atoms. The lowest BCUT2D eigenvalue weighted by atomic mass is 10.1. The Bertz CT molecular complexity index is 482. The lowest BCUT2D eigenvalue weighted by Gasteiger charge is -2.04. The summed E-state index contributed by atoms with van der Waals surface area (Å²) in [4.78, 5) is 0. The quantitative estimate of drug-likeness (QED) is 0.866. The molecule has 0 spiro atoms. The highest BCUT2D eigenvalue weighted by atomic mass is 16.5. The zero-order valence-electron chi connectivity index (χ0n) is 9.76. The van der Waals surface area contributed by atoms with E-state index in [9.17, 15) is 0 Å². The molecule has 0 radical (unpaired) electrons. The SMILES string of the molecule is COc1cccc(-c2ccc(CCN)nn2)c1. The molecule has 0 atom stereocenters. The predicted octanol–water partition coefficient (Wildman–Crippen LogP) is 1.65. The summed E-state index contributed by atoms with van der Waals surface area (Å²) in [6.45, 7) is 0.590. The highest BCUT2D eigenvalue weighted by Gasteiger charge is 2.02. The fourth-order valence-electron chi connectivity index (χ4n) is 1.58. The van der Waals surface area contributed by atoms with Crippen molar-refractivity contribution in [1.82, 2.24) is 10.2 Å². The van der Waals surface area contributed by atoms with Crippen LogP contribution < -0.4 is 10.5 Å². The van der Waals surface area contributed by atoms with Crippen LogP contribution >= 0.6 is 0 Å². The van der Waals surface area contributed by atoms with Crippen molar-refractivity contribution < 1.29 is 4.74 Å². The van der Waals surface area contributed by atoms with Crippen LogP contribution in [-0.2, 0) is 6.42 Å². The second-order valence-electron chi connectivity index (χ2n) is 3.68. The van der Waals surface area contributed by atoms with Crippen molar-refractivity contribution in [3.05, 3.63) is 42.1 Å². The minimum Gasteiger partial charge on any atom is -0.497 e. The van der Waals surface area contributed by atoms with E-state index in [0.717, 1.165) is 29.1 Å². The zero-order chi connectivity index (χ0) is 12.1. The minimum atomic E-state index is 0.590. The number of rotatable bonds is 4. The molecule has 0 aliphatic heterocycles. The van der Waals surface area contributed by atoms with Gasteiger partial charge in [-0.25, -0.2) is 0 Å². The molecule has 4 heteroatoms. The second kappa shape index (κ2) is 5.41. The average Bonchev–Trinajstić information content (AvgIpc) is 2.40. The maximum atomic E-state index is 5.46. The van der Waals surface area contributed by atoms with Crippen molar-refractivity contribution in [1.29, 1.82) is 0 Å². The van der Waals surface area contributed by atoms with Gasteiger partial charge in [-0.1, -0.05) is 12.1 Å². The standard InChI is InChI=1S/C13H15N3O/c1-17-12-4-2-3-10(9-12)13-6-5-11(7-8-14)15-16-13/h2-6,9H,7-8,14H2,1H3. The zero-order valence-corrected chi connectivity index (χ0v) is 9.76. The Morgan fingerprint density at radius 3 is 2.71 bits per heavy atom. The van der Waals surface area contributed by atoms with Crippen molar-refractivity contribution in [2.45, 2.75) is 6.42 Å². The Labute approximate surface area is 100 Å². The van der Waals surface area contributed by atoms with Gasteiger partial charge in [-0.3, -0.25) is 0 Å². The van der Waals surface area contributed by atoms with Crippen LogP contribution in [0.3, 0.4) is 0 Å². The predicted molar refractivity (Wildman–Crippen MR) is 66.8 cm³/mol. The largest absolute Gasteiger partial charge is 0.497 e. The topological polar surface area (TPSA) is 61.0 Å². The first-order chi connectivity index (χ1) is 8.33. The number of hydrogen-bond donors (Lipinski definition) is 1. The van der Waals surface area contributed by atoms with Crippen molar-refractivity contribution >= 4 is 0 Å². The molecule has 0 aliphatic rings. The van der Waals surface area contributed by atoms with Gasteiger partial charge in [-0.05, 0) is 30.8 Å². The van der Waals surface area contributed by atoms with Crippen LogP contribution in [0.4, 0.5) is 0 Å². The molecule has 88 valence electrons. The van der Waals surface area contributed by atoms with E-state index in [4.69, 9.17) is 10.5 Å². The van der Waals surface area contributed by atoms with Crippen molar-refractivity contribution in [3.8, 4) is 17.0 Å². The number of methoxy groups -OCH3 is 1. The Morgan fingerprint density at radius 2 is 2.06 bits per heavy atom. The molecule has 0 bridgehead atoms. The van der Waals surface area contributed by atoms with Gasteiger partial charge in [-0.15, -0.1) is 0 Å². The Balaban J connectivity index is 2.26. The van der Waals surface area contributed by atoms with E-state index < -0.39 is 0 Å². The summed E-state index contributed by atoms with van der Waals surface area (Å²) in [6.07, 6.45) is 0.755. The molecule has 0 unspecified atom stereocenters. The molecule has 2 aromatic rings. The van der Waals surface area contributed by atoms with Crippen LogP contribution in [0.5, 0.6) is 5.75 Å². The Morgan fingerprint density at radius 1 is 1.18 bits per heavy atom. The van der Waals surface area contributed by atoms with Gasteiger partial charge in [0, 0.05) is 12.0 Å². The normalized spacial score (nSPS) is 10.2. The number of hydrogen-bond acceptors (Lipinski definition) is 4. The van der Waals surface area contributed by atoms with Crippen molar-refractivity contribution in [2.24, 2.45) is 5.73 Å². The average molecular weight is 229 g/mol. The van der Waals surface area contributed by atoms with Gasteiger partial charge in [0.1, 0.15) is 5.75 Å². The van der Waals surface area contributed by atoms with Crippen LogP contribution in [0.1, 0.15) is 5.69 Å². The van der Waals surface area contributed by atoms with Gasteiger partial charge >= 0.3 is 0 Å². The smallest absolute Gasteiger partial charge is 0.119 e. The number of nitrogens with two attached hydrogens (primary N) is 1. The molecule has 2 rings (SSSR count). The third-order valence-electron chi connectivity index (χ3n) is 2.49.